The summed E-state index contributed by atoms with van der Waals surface area (Å²) < 4.78 is 5.77. The van der Waals surface area contributed by atoms with Crippen molar-refractivity contribution in [2.24, 2.45) is 0 Å². The largest absolute Gasteiger partial charge is 0.377 e. The molecule has 1 atom stereocenters. The third kappa shape index (κ3) is 2.48. The van der Waals surface area contributed by atoms with Gasteiger partial charge in [-0.2, -0.15) is 11.8 Å². The lowest BCUT2D eigenvalue weighted by atomic mass is 10.1. The van der Waals surface area contributed by atoms with Gasteiger partial charge in [-0.05, 0) is 26.0 Å². The molecule has 6 heteroatoms. The molecular formula is C13H20BN3OS. The molecule has 3 rings (SSSR count). The van der Waals surface area contributed by atoms with Crippen molar-refractivity contribution in [3.63, 3.8) is 0 Å². The van der Waals surface area contributed by atoms with E-state index in [1.54, 1.807) is 0 Å². The van der Waals surface area contributed by atoms with Gasteiger partial charge < -0.3 is 9.64 Å². The fourth-order valence-electron chi connectivity index (χ4n) is 2.68. The Hall–Kier alpha value is -0.745. The van der Waals surface area contributed by atoms with Crippen LogP contribution in [0.2, 0.25) is 0 Å². The number of ether oxygens (including phenoxy) is 1. The van der Waals surface area contributed by atoms with Gasteiger partial charge in [-0.3, -0.25) is 0 Å². The zero-order valence-electron chi connectivity index (χ0n) is 11.8. The number of hydrogen-bond donors (Lipinski definition) is 0. The predicted octanol–water partition coefficient (Wildman–Crippen LogP) is 0.312. The number of aromatic nitrogens is 2. The SMILES string of the molecule is Bc1nc(N2CCOC[C@H]2C)cc(C2(SC)CC2)n1. The Labute approximate surface area is 119 Å². The van der Waals surface area contributed by atoms with Crippen molar-refractivity contribution in [3.05, 3.63) is 11.8 Å². The van der Waals surface area contributed by atoms with E-state index >= 15 is 0 Å². The Morgan fingerprint density at radius 3 is 2.89 bits per heavy atom. The Balaban J connectivity index is 1.93. The summed E-state index contributed by atoms with van der Waals surface area (Å²) in [5.41, 5.74) is 2.09. The minimum Gasteiger partial charge on any atom is -0.377 e. The fraction of sp³-hybridized carbons (Fsp3) is 0.692. The molecule has 0 spiro atoms. The molecule has 1 saturated carbocycles. The van der Waals surface area contributed by atoms with E-state index in [0.717, 1.165) is 31.3 Å². The van der Waals surface area contributed by atoms with Crippen LogP contribution in [-0.4, -0.2) is 49.9 Å². The second kappa shape index (κ2) is 4.98. The van der Waals surface area contributed by atoms with E-state index in [9.17, 15) is 0 Å². The minimum atomic E-state index is 0.262. The van der Waals surface area contributed by atoms with E-state index in [2.05, 4.69) is 34.1 Å². The van der Waals surface area contributed by atoms with Gasteiger partial charge in [0.15, 0.2) is 7.85 Å². The maximum absolute atomic E-state index is 5.51. The molecule has 4 nitrogen and oxygen atoms in total. The molecule has 0 unspecified atom stereocenters. The van der Waals surface area contributed by atoms with Crippen molar-refractivity contribution in [1.29, 1.82) is 0 Å². The Bertz CT molecular complexity index is 481. The Morgan fingerprint density at radius 2 is 2.26 bits per heavy atom. The molecule has 2 heterocycles. The van der Waals surface area contributed by atoms with Crippen LogP contribution in [0.25, 0.3) is 0 Å². The molecule has 102 valence electrons. The first-order valence-electron chi connectivity index (χ1n) is 6.90. The molecule has 0 radical (unpaired) electrons. The van der Waals surface area contributed by atoms with Crippen LogP contribution in [0.15, 0.2) is 6.07 Å². The van der Waals surface area contributed by atoms with Gasteiger partial charge >= 0.3 is 0 Å². The number of anilines is 1. The van der Waals surface area contributed by atoms with Crippen LogP contribution in [0, 0.1) is 0 Å². The van der Waals surface area contributed by atoms with E-state index in [1.807, 2.05) is 19.6 Å². The van der Waals surface area contributed by atoms with Crippen molar-refractivity contribution in [2.45, 2.75) is 30.6 Å². The predicted molar refractivity (Wildman–Crippen MR) is 82.3 cm³/mol. The number of nitrogens with zero attached hydrogens (tertiary/aromatic N) is 3. The van der Waals surface area contributed by atoms with Gasteiger partial charge in [0, 0.05) is 12.6 Å². The summed E-state index contributed by atoms with van der Waals surface area (Å²) in [4.78, 5) is 11.6. The van der Waals surface area contributed by atoms with E-state index < -0.39 is 0 Å². The van der Waals surface area contributed by atoms with Crippen molar-refractivity contribution in [3.8, 4) is 0 Å². The first-order chi connectivity index (χ1) is 9.14. The highest BCUT2D eigenvalue weighted by molar-refractivity contribution is 7.99. The van der Waals surface area contributed by atoms with Gasteiger partial charge in [-0.25, -0.2) is 9.97 Å². The van der Waals surface area contributed by atoms with Crippen LogP contribution in [0.5, 0.6) is 0 Å². The molecule has 0 aromatic carbocycles. The zero-order valence-corrected chi connectivity index (χ0v) is 12.7. The average molecular weight is 277 g/mol. The number of hydrogen-bond acceptors (Lipinski definition) is 5. The van der Waals surface area contributed by atoms with E-state index in [-0.39, 0.29) is 4.75 Å². The van der Waals surface area contributed by atoms with Gasteiger partial charge in [0.25, 0.3) is 0 Å². The summed E-state index contributed by atoms with van der Waals surface area (Å²) in [6.07, 6.45) is 4.66. The minimum absolute atomic E-state index is 0.262. The van der Waals surface area contributed by atoms with Crippen LogP contribution in [0.4, 0.5) is 5.82 Å². The maximum Gasteiger partial charge on any atom is 0.189 e. The van der Waals surface area contributed by atoms with E-state index in [4.69, 9.17) is 4.74 Å². The van der Waals surface area contributed by atoms with Crippen molar-refractivity contribution in [2.75, 3.05) is 30.9 Å². The lowest BCUT2D eigenvalue weighted by molar-refractivity contribution is 0.0985. The first kappa shape index (κ1) is 13.2. The summed E-state index contributed by atoms with van der Waals surface area (Å²) in [7, 11) is 1.99. The molecule has 1 aliphatic carbocycles. The monoisotopic (exact) mass is 277 g/mol. The standard InChI is InChI=1S/C13H20BN3OS/c1-9-8-18-6-5-17(9)11-7-10(15-12(14)16-11)13(19-2)3-4-13/h7,9H,3-6,8,14H2,1-2H3/t9-/m1/s1. The topological polar surface area (TPSA) is 38.2 Å². The quantitative estimate of drug-likeness (QED) is 0.744. The molecular weight excluding hydrogens is 257 g/mol. The summed E-state index contributed by atoms with van der Waals surface area (Å²) in [5.74, 6) is 1.07. The molecule has 1 aromatic rings. The Morgan fingerprint density at radius 1 is 1.47 bits per heavy atom. The lowest BCUT2D eigenvalue weighted by Gasteiger charge is -2.34. The van der Waals surface area contributed by atoms with Crippen molar-refractivity contribution >= 4 is 31.1 Å². The molecule has 1 aromatic heterocycles. The molecule has 1 saturated heterocycles. The molecule has 19 heavy (non-hydrogen) atoms. The number of rotatable bonds is 3. The van der Waals surface area contributed by atoms with Crippen LogP contribution in [-0.2, 0) is 9.48 Å². The van der Waals surface area contributed by atoms with Crippen LogP contribution in [0.1, 0.15) is 25.5 Å². The number of thioether (sulfide) groups is 1. The van der Waals surface area contributed by atoms with Crippen molar-refractivity contribution < 1.29 is 4.74 Å². The second-order valence-corrected chi connectivity index (χ2v) is 6.66. The van der Waals surface area contributed by atoms with Crippen LogP contribution in [0.3, 0.4) is 0 Å². The zero-order chi connectivity index (χ0) is 13.5. The average Bonchev–Trinajstić information content (AvgIpc) is 3.19. The third-order valence-electron chi connectivity index (χ3n) is 4.05. The summed E-state index contributed by atoms with van der Waals surface area (Å²) in [6, 6.07) is 2.58. The highest BCUT2D eigenvalue weighted by Gasteiger charge is 2.45. The van der Waals surface area contributed by atoms with Crippen molar-refractivity contribution in [1.82, 2.24) is 9.97 Å². The molecule has 2 aliphatic rings. The normalized spacial score (nSPS) is 25.4. The molecule has 0 N–H and O–H groups in total. The maximum atomic E-state index is 5.51. The van der Waals surface area contributed by atoms with Gasteiger partial charge in [0.1, 0.15) is 5.82 Å². The first-order valence-corrected chi connectivity index (χ1v) is 8.13. The van der Waals surface area contributed by atoms with Crippen LogP contribution < -0.4 is 10.6 Å². The Kier molecular flexibility index (Phi) is 3.47. The molecule has 1 aliphatic heterocycles. The third-order valence-corrected chi connectivity index (χ3v) is 5.45. The summed E-state index contributed by atoms with van der Waals surface area (Å²) in [5, 5.41) is 0. The second-order valence-electron chi connectivity index (χ2n) is 5.47. The van der Waals surface area contributed by atoms with E-state index in [0.29, 0.717) is 6.04 Å². The van der Waals surface area contributed by atoms with E-state index in [1.165, 1.54) is 18.5 Å². The number of morpholine rings is 1. The smallest absolute Gasteiger partial charge is 0.189 e. The highest BCUT2D eigenvalue weighted by Crippen LogP contribution is 2.55. The summed E-state index contributed by atoms with van der Waals surface area (Å²) >= 11 is 1.92. The van der Waals surface area contributed by atoms with Gasteiger partial charge in [0.05, 0.1) is 35.4 Å². The molecule has 0 amide bonds. The fourth-order valence-corrected chi connectivity index (χ4v) is 3.50. The van der Waals surface area contributed by atoms with Gasteiger partial charge in [0.2, 0.25) is 0 Å². The lowest BCUT2D eigenvalue weighted by Crippen LogP contribution is -2.45. The molecule has 0 bridgehead atoms. The van der Waals surface area contributed by atoms with Gasteiger partial charge in [-0.1, -0.05) is 0 Å². The highest BCUT2D eigenvalue weighted by atomic mass is 32.2. The van der Waals surface area contributed by atoms with Gasteiger partial charge in [-0.15, -0.1) is 0 Å². The summed E-state index contributed by atoms with van der Waals surface area (Å²) in [6.45, 7) is 4.68. The molecule has 2 fully saturated rings. The van der Waals surface area contributed by atoms with Crippen LogP contribution >= 0.6 is 11.8 Å².